The van der Waals surface area contributed by atoms with Gasteiger partial charge in [0.2, 0.25) is 10.0 Å². The van der Waals surface area contributed by atoms with Crippen LogP contribution in [-0.2, 0) is 10.0 Å². The van der Waals surface area contributed by atoms with Crippen molar-refractivity contribution in [1.82, 2.24) is 4.98 Å². The number of hydrogen-bond donors (Lipinski definition) is 1. The van der Waals surface area contributed by atoms with E-state index in [1.807, 2.05) is 43.6 Å². The Morgan fingerprint density at radius 2 is 1.62 bits per heavy atom. The van der Waals surface area contributed by atoms with Crippen molar-refractivity contribution >= 4 is 27.1 Å². The molecule has 0 atom stereocenters. The summed E-state index contributed by atoms with van der Waals surface area (Å²) in [5.74, 6) is 0. The first-order valence-corrected chi connectivity index (χ1v) is 9.80. The molecule has 6 nitrogen and oxygen atoms in total. The molecule has 1 saturated heterocycles. The molecular weight excluding hydrogens is 324 g/mol. The molecule has 1 aliphatic heterocycles. The van der Waals surface area contributed by atoms with Gasteiger partial charge in [0.1, 0.15) is 0 Å². The molecule has 1 fully saturated rings. The van der Waals surface area contributed by atoms with E-state index in [0.717, 1.165) is 37.4 Å². The smallest absolute Gasteiger partial charge is 0.229 e. The third-order valence-electron chi connectivity index (χ3n) is 4.25. The van der Waals surface area contributed by atoms with E-state index in [4.69, 9.17) is 0 Å². The molecule has 0 amide bonds. The fraction of sp³-hybridized carbons (Fsp3) is 0.353. The van der Waals surface area contributed by atoms with Crippen molar-refractivity contribution in [3.05, 3.63) is 48.3 Å². The van der Waals surface area contributed by atoms with Gasteiger partial charge in [-0.2, -0.15) is 0 Å². The molecule has 3 rings (SSSR count). The Morgan fingerprint density at radius 1 is 1.00 bits per heavy atom. The minimum absolute atomic E-state index is 0.645. The Hall–Kier alpha value is -2.28. The second kappa shape index (κ2) is 6.68. The van der Waals surface area contributed by atoms with Gasteiger partial charge in [-0.25, -0.2) is 8.42 Å². The number of nitrogens with one attached hydrogen (secondary N) is 1. The molecule has 2 aromatic rings. The van der Waals surface area contributed by atoms with E-state index in [0.29, 0.717) is 5.69 Å². The van der Waals surface area contributed by atoms with Crippen molar-refractivity contribution in [1.29, 1.82) is 0 Å². The van der Waals surface area contributed by atoms with Gasteiger partial charge in [0.25, 0.3) is 0 Å². The Bertz CT molecular complexity index is 801. The Labute approximate surface area is 143 Å². The third-order valence-corrected chi connectivity index (χ3v) is 4.84. The van der Waals surface area contributed by atoms with Gasteiger partial charge in [0, 0.05) is 49.9 Å². The minimum atomic E-state index is -3.27. The van der Waals surface area contributed by atoms with Crippen LogP contribution < -0.4 is 14.5 Å². The van der Waals surface area contributed by atoms with Crippen LogP contribution in [0.15, 0.2) is 42.7 Å². The molecule has 0 unspecified atom stereocenters. The second-order valence-corrected chi connectivity index (χ2v) is 7.75. The van der Waals surface area contributed by atoms with E-state index < -0.39 is 10.0 Å². The zero-order valence-electron chi connectivity index (χ0n) is 13.9. The van der Waals surface area contributed by atoms with Gasteiger partial charge in [0.15, 0.2) is 0 Å². The minimum Gasteiger partial charge on any atom is -0.368 e. The largest absolute Gasteiger partial charge is 0.368 e. The van der Waals surface area contributed by atoms with Crippen molar-refractivity contribution in [2.75, 3.05) is 47.0 Å². The molecule has 0 saturated carbocycles. The number of rotatable bonds is 4. The van der Waals surface area contributed by atoms with E-state index in [9.17, 15) is 8.42 Å². The molecule has 0 spiro atoms. The third kappa shape index (κ3) is 3.79. The summed E-state index contributed by atoms with van der Waals surface area (Å²) in [6, 6.07) is 9.79. The number of pyridine rings is 1. The first-order valence-electron chi connectivity index (χ1n) is 7.91. The maximum atomic E-state index is 11.5. The number of benzene rings is 1. The van der Waals surface area contributed by atoms with Crippen molar-refractivity contribution in [3.8, 4) is 0 Å². The van der Waals surface area contributed by atoms with Crippen LogP contribution in [0.3, 0.4) is 0 Å². The lowest BCUT2D eigenvalue weighted by Crippen LogP contribution is -2.46. The molecule has 1 aromatic carbocycles. The van der Waals surface area contributed by atoms with Crippen LogP contribution in [0.5, 0.6) is 0 Å². The predicted octanol–water partition coefficient (Wildman–Crippen LogP) is 2.09. The quantitative estimate of drug-likeness (QED) is 0.918. The summed E-state index contributed by atoms with van der Waals surface area (Å²) in [5, 5.41) is 0. The maximum Gasteiger partial charge on any atom is 0.229 e. The summed E-state index contributed by atoms with van der Waals surface area (Å²) < 4.78 is 25.6. The second-order valence-electron chi connectivity index (χ2n) is 6.00. The van der Waals surface area contributed by atoms with Crippen LogP contribution in [0.1, 0.15) is 5.56 Å². The topological polar surface area (TPSA) is 65.5 Å². The lowest BCUT2D eigenvalue weighted by Gasteiger charge is -2.38. The number of hydrogen-bond acceptors (Lipinski definition) is 5. The van der Waals surface area contributed by atoms with E-state index >= 15 is 0 Å². The molecule has 0 aliphatic carbocycles. The monoisotopic (exact) mass is 346 g/mol. The number of aromatic nitrogens is 1. The van der Waals surface area contributed by atoms with E-state index in [-0.39, 0.29) is 0 Å². The van der Waals surface area contributed by atoms with E-state index in [1.165, 1.54) is 11.9 Å². The lowest BCUT2D eigenvalue weighted by atomic mass is 10.1. The Morgan fingerprint density at radius 3 is 2.25 bits per heavy atom. The van der Waals surface area contributed by atoms with Gasteiger partial charge in [-0.3, -0.25) is 9.71 Å². The standard InChI is InChI=1S/C17H22N4O2S/c1-14-16(19-24(2,22)23)4-3-5-17(14)21-12-10-20(11-13-21)15-6-8-18-9-7-15/h3-9,19H,10-13H2,1-2H3. The predicted molar refractivity (Wildman–Crippen MR) is 98.3 cm³/mol. The van der Waals surface area contributed by atoms with Gasteiger partial charge >= 0.3 is 0 Å². The average molecular weight is 346 g/mol. The van der Waals surface area contributed by atoms with E-state index in [2.05, 4.69) is 19.5 Å². The van der Waals surface area contributed by atoms with Gasteiger partial charge in [-0.1, -0.05) is 6.07 Å². The SMILES string of the molecule is Cc1c(NS(C)(=O)=O)cccc1N1CCN(c2ccncc2)CC1. The summed E-state index contributed by atoms with van der Waals surface area (Å²) in [5.41, 5.74) is 3.87. The van der Waals surface area contributed by atoms with Crippen molar-refractivity contribution in [2.45, 2.75) is 6.92 Å². The highest BCUT2D eigenvalue weighted by molar-refractivity contribution is 7.92. The van der Waals surface area contributed by atoms with E-state index in [1.54, 1.807) is 6.07 Å². The molecule has 0 bridgehead atoms. The van der Waals surface area contributed by atoms with Crippen molar-refractivity contribution < 1.29 is 8.42 Å². The molecule has 0 radical (unpaired) electrons. The number of anilines is 3. The zero-order valence-corrected chi connectivity index (χ0v) is 14.8. The number of nitrogens with zero attached hydrogens (tertiary/aromatic N) is 3. The average Bonchev–Trinajstić information content (AvgIpc) is 2.57. The Balaban J connectivity index is 1.74. The van der Waals surface area contributed by atoms with Crippen LogP contribution in [0, 0.1) is 6.92 Å². The summed E-state index contributed by atoms with van der Waals surface area (Å²) in [4.78, 5) is 8.71. The molecular formula is C17H22N4O2S. The van der Waals surface area contributed by atoms with Crippen molar-refractivity contribution in [3.63, 3.8) is 0 Å². The maximum absolute atomic E-state index is 11.5. The highest BCUT2D eigenvalue weighted by Gasteiger charge is 2.20. The first kappa shape index (κ1) is 16.6. The number of sulfonamides is 1. The van der Waals surface area contributed by atoms with Gasteiger partial charge in [-0.15, -0.1) is 0 Å². The van der Waals surface area contributed by atoms with Gasteiger partial charge in [0.05, 0.1) is 11.9 Å². The van der Waals surface area contributed by atoms with Crippen LogP contribution in [0.4, 0.5) is 17.1 Å². The Kier molecular flexibility index (Phi) is 4.62. The highest BCUT2D eigenvalue weighted by atomic mass is 32.2. The normalized spacial score (nSPS) is 15.4. The molecule has 1 aliphatic rings. The molecule has 7 heteroatoms. The molecule has 2 heterocycles. The van der Waals surface area contributed by atoms with Crippen LogP contribution >= 0.6 is 0 Å². The molecule has 1 N–H and O–H groups in total. The van der Waals surface area contributed by atoms with Crippen LogP contribution in [-0.4, -0.2) is 45.8 Å². The lowest BCUT2D eigenvalue weighted by molar-refractivity contribution is 0.606. The summed E-state index contributed by atoms with van der Waals surface area (Å²) in [7, 11) is -3.27. The molecule has 128 valence electrons. The fourth-order valence-electron chi connectivity index (χ4n) is 3.04. The van der Waals surface area contributed by atoms with Gasteiger partial charge < -0.3 is 9.80 Å². The molecule has 1 aromatic heterocycles. The van der Waals surface area contributed by atoms with Crippen LogP contribution in [0.2, 0.25) is 0 Å². The summed E-state index contributed by atoms with van der Waals surface area (Å²) in [6.45, 7) is 5.59. The first-order chi connectivity index (χ1) is 11.4. The zero-order chi connectivity index (χ0) is 17.2. The number of piperazine rings is 1. The highest BCUT2D eigenvalue weighted by Crippen LogP contribution is 2.28. The van der Waals surface area contributed by atoms with Gasteiger partial charge in [-0.05, 0) is 36.8 Å². The van der Waals surface area contributed by atoms with Crippen molar-refractivity contribution in [2.24, 2.45) is 0 Å². The molecule has 24 heavy (non-hydrogen) atoms. The fourth-order valence-corrected chi connectivity index (χ4v) is 3.66. The summed E-state index contributed by atoms with van der Waals surface area (Å²) >= 11 is 0. The summed E-state index contributed by atoms with van der Waals surface area (Å²) in [6.07, 6.45) is 4.80. The van der Waals surface area contributed by atoms with Crippen LogP contribution in [0.25, 0.3) is 0 Å².